The average molecular weight is 385 g/mol. The highest BCUT2D eigenvalue weighted by Gasteiger charge is 2.29. The lowest BCUT2D eigenvalue weighted by molar-refractivity contribution is 0.0729. The number of hydrogen-bond donors (Lipinski definition) is 0. The molecule has 2 saturated heterocycles. The summed E-state index contributed by atoms with van der Waals surface area (Å²) in [6.45, 7) is 4.88. The van der Waals surface area contributed by atoms with Crippen LogP contribution in [0.4, 0.5) is 0 Å². The number of carbonyl (C=O) groups is 1. The van der Waals surface area contributed by atoms with Crippen molar-refractivity contribution in [1.29, 1.82) is 0 Å². The Balaban J connectivity index is 1.93. The molecule has 0 atom stereocenters. The van der Waals surface area contributed by atoms with Crippen LogP contribution in [0.1, 0.15) is 22.8 Å². The molecule has 0 aliphatic carbocycles. The normalized spacial score (nSPS) is 19.8. The quantitative estimate of drug-likeness (QED) is 0.786. The molecule has 3 rings (SSSR count). The molecule has 0 unspecified atom stereocenters. The standard InChI is InChI=1S/C17H24N2O4S2/c1-2-14-3-4-15(17(20)18-7-11-24-12-8-18)13-16(14)25(21,22)19-5-9-23-10-6-19/h3-4,13H,2,5-12H2,1H3. The molecule has 0 spiro atoms. The van der Waals surface area contributed by atoms with Crippen molar-refractivity contribution in [2.45, 2.75) is 18.2 Å². The fourth-order valence-electron chi connectivity index (χ4n) is 3.09. The van der Waals surface area contributed by atoms with Gasteiger partial charge in [0.25, 0.3) is 5.91 Å². The topological polar surface area (TPSA) is 66.9 Å². The van der Waals surface area contributed by atoms with Gasteiger partial charge in [-0.25, -0.2) is 8.42 Å². The third-order valence-corrected chi connectivity index (χ3v) is 7.50. The molecule has 2 heterocycles. The van der Waals surface area contributed by atoms with E-state index < -0.39 is 10.0 Å². The van der Waals surface area contributed by atoms with Crippen LogP contribution in [0.2, 0.25) is 0 Å². The van der Waals surface area contributed by atoms with Crippen molar-refractivity contribution in [2.24, 2.45) is 0 Å². The summed E-state index contributed by atoms with van der Waals surface area (Å²) in [6.07, 6.45) is 0.605. The SMILES string of the molecule is CCc1ccc(C(=O)N2CCSCC2)cc1S(=O)(=O)N1CCOCC1. The summed E-state index contributed by atoms with van der Waals surface area (Å²) in [6, 6.07) is 5.09. The first-order chi connectivity index (χ1) is 12.0. The van der Waals surface area contributed by atoms with Gasteiger partial charge in [0.15, 0.2) is 0 Å². The Morgan fingerprint density at radius 3 is 2.48 bits per heavy atom. The molecule has 1 aromatic carbocycles. The second-order valence-corrected chi connectivity index (χ2v) is 9.23. The lowest BCUT2D eigenvalue weighted by atomic mass is 10.1. The number of rotatable bonds is 4. The van der Waals surface area contributed by atoms with Crippen molar-refractivity contribution >= 4 is 27.7 Å². The number of morpholine rings is 1. The molecule has 0 aromatic heterocycles. The van der Waals surface area contributed by atoms with E-state index in [1.54, 1.807) is 18.2 Å². The van der Waals surface area contributed by atoms with Gasteiger partial charge in [0.05, 0.1) is 18.1 Å². The molecule has 0 N–H and O–H groups in total. The van der Waals surface area contributed by atoms with E-state index in [0.717, 1.165) is 17.1 Å². The van der Waals surface area contributed by atoms with Crippen LogP contribution < -0.4 is 0 Å². The first-order valence-corrected chi connectivity index (χ1v) is 11.2. The summed E-state index contributed by atoms with van der Waals surface area (Å²) < 4.78 is 32.8. The van der Waals surface area contributed by atoms with Crippen LogP contribution in [0.5, 0.6) is 0 Å². The van der Waals surface area contributed by atoms with Crippen LogP contribution in [-0.2, 0) is 21.2 Å². The van der Waals surface area contributed by atoms with Crippen molar-refractivity contribution in [3.8, 4) is 0 Å². The number of benzene rings is 1. The van der Waals surface area contributed by atoms with Crippen LogP contribution >= 0.6 is 11.8 Å². The first kappa shape index (κ1) is 18.7. The highest BCUT2D eigenvalue weighted by atomic mass is 32.2. The summed E-state index contributed by atoms with van der Waals surface area (Å²) in [5.74, 6) is 1.77. The lowest BCUT2D eigenvalue weighted by Crippen LogP contribution is -2.41. The fraction of sp³-hybridized carbons (Fsp3) is 0.588. The van der Waals surface area contributed by atoms with Crippen molar-refractivity contribution in [2.75, 3.05) is 50.9 Å². The average Bonchev–Trinajstić information content (AvgIpc) is 2.68. The van der Waals surface area contributed by atoms with Crippen LogP contribution in [0.3, 0.4) is 0 Å². The first-order valence-electron chi connectivity index (χ1n) is 8.62. The number of thioether (sulfide) groups is 1. The third-order valence-electron chi connectivity index (χ3n) is 4.58. The Kier molecular flexibility index (Phi) is 6.04. The molecular formula is C17H24N2O4S2. The largest absolute Gasteiger partial charge is 0.379 e. The van der Waals surface area contributed by atoms with E-state index in [2.05, 4.69) is 0 Å². The molecule has 25 heavy (non-hydrogen) atoms. The van der Waals surface area contributed by atoms with Gasteiger partial charge in [-0.3, -0.25) is 4.79 Å². The zero-order chi connectivity index (χ0) is 17.9. The van der Waals surface area contributed by atoms with Gasteiger partial charge in [-0.2, -0.15) is 16.1 Å². The van der Waals surface area contributed by atoms with Gasteiger partial charge < -0.3 is 9.64 Å². The third kappa shape index (κ3) is 4.02. The minimum Gasteiger partial charge on any atom is -0.379 e. The van der Waals surface area contributed by atoms with E-state index in [-0.39, 0.29) is 10.8 Å². The van der Waals surface area contributed by atoms with Crippen LogP contribution in [0.15, 0.2) is 23.1 Å². The van der Waals surface area contributed by atoms with Gasteiger partial charge in [0.1, 0.15) is 0 Å². The van der Waals surface area contributed by atoms with Crippen molar-refractivity contribution < 1.29 is 17.9 Å². The Morgan fingerprint density at radius 2 is 1.84 bits per heavy atom. The van der Waals surface area contributed by atoms with E-state index in [0.29, 0.717) is 51.4 Å². The van der Waals surface area contributed by atoms with Gasteiger partial charge in [-0.05, 0) is 24.1 Å². The van der Waals surface area contributed by atoms with Crippen molar-refractivity contribution in [3.63, 3.8) is 0 Å². The Bertz CT molecular complexity index is 724. The second kappa shape index (κ2) is 8.07. The fourth-order valence-corrected chi connectivity index (χ4v) is 5.73. The van der Waals surface area contributed by atoms with Gasteiger partial charge in [-0.1, -0.05) is 13.0 Å². The molecule has 0 saturated carbocycles. The van der Waals surface area contributed by atoms with E-state index in [1.807, 2.05) is 23.6 Å². The van der Waals surface area contributed by atoms with Gasteiger partial charge in [-0.15, -0.1) is 0 Å². The Hall–Kier alpha value is -1.09. The maximum absolute atomic E-state index is 13.1. The second-order valence-electron chi connectivity index (χ2n) is 6.10. The molecule has 6 nitrogen and oxygen atoms in total. The number of nitrogens with zero attached hydrogens (tertiary/aromatic N) is 2. The molecule has 138 valence electrons. The zero-order valence-corrected chi connectivity index (χ0v) is 16.1. The summed E-state index contributed by atoms with van der Waals surface area (Å²) in [5.41, 5.74) is 1.20. The zero-order valence-electron chi connectivity index (χ0n) is 14.4. The predicted octanol–water partition coefficient (Wildman–Crippen LogP) is 1.46. The van der Waals surface area contributed by atoms with E-state index in [1.165, 1.54) is 4.31 Å². The maximum Gasteiger partial charge on any atom is 0.253 e. The molecular weight excluding hydrogens is 360 g/mol. The van der Waals surface area contributed by atoms with Gasteiger partial charge in [0.2, 0.25) is 10.0 Å². The number of amides is 1. The molecule has 2 fully saturated rings. The number of sulfonamides is 1. The number of aryl methyl sites for hydroxylation is 1. The molecule has 8 heteroatoms. The summed E-state index contributed by atoms with van der Waals surface area (Å²) in [5, 5.41) is 0. The lowest BCUT2D eigenvalue weighted by Gasteiger charge is -2.28. The Morgan fingerprint density at radius 1 is 1.16 bits per heavy atom. The van der Waals surface area contributed by atoms with Gasteiger partial charge >= 0.3 is 0 Å². The molecule has 0 bridgehead atoms. The summed E-state index contributed by atoms with van der Waals surface area (Å²) in [7, 11) is -3.61. The summed E-state index contributed by atoms with van der Waals surface area (Å²) >= 11 is 1.84. The van der Waals surface area contributed by atoms with Crippen LogP contribution in [-0.4, -0.2) is 74.4 Å². The molecule has 1 amide bonds. The molecule has 2 aliphatic heterocycles. The number of carbonyl (C=O) groups excluding carboxylic acids is 1. The monoisotopic (exact) mass is 384 g/mol. The van der Waals surface area contributed by atoms with Crippen molar-refractivity contribution in [3.05, 3.63) is 29.3 Å². The highest BCUT2D eigenvalue weighted by Crippen LogP contribution is 2.24. The minimum atomic E-state index is -3.61. The van der Waals surface area contributed by atoms with E-state index in [4.69, 9.17) is 4.74 Å². The predicted molar refractivity (Wildman–Crippen MR) is 98.6 cm³/mol. The summed E-state index contributed by atoms with van der Waals surface area (Å²) in [4.78, 5) is 14.8. The van der Waals surface area contributed by atoms with E-state index >= 15 is 0 Å². The maximum atomic E-state index is 13.1. The van der Waals surface area contributed by atoms with Crippen LogP contribution in [0.25, 0.3) is 0 Å². The molecule has 1 aromatic rings. The van der Waals surface area contributed by atoms with Crippen molar-refractivity contribution in [1.82, 2.24) is 9.21 Å². The van der Waals surface area contributed by atoms with E-state index in [9.17, 15) is 13.2 Å². The molecule has 0 radical (unpaired) electrons. The number of ether oxygens (including phenoxy) is 1. The number of hydrogen-bond acceptors (Lipinski definition) is 5. The molecule has 2 aliphatic rings. The smallest absolute Gasteiger partial charge is 0.253 e. The Labute approximate surface area is 153 Å². The highest BCUT2D eigenvalue weighted by molar-refractivity contribution is 7.99. The van der Waals surface area contributed by atoms with Crippen LogP contribution in [0, 0.1) is 0 Å². The van der Waals surface area contributed by atoms with Gasteiger partial charge in [0, 0.05) is 43.2 Å². The minimum absolute atomic E-state index is 0.0821.